The molecule has 4 rings (SSSR count). The molecule has 1 aromatic heterocycles. The van der Waals surface area contributed by atoms with E-state index in [1.165, 1.54) is 25.7 Å². The summed E-state index contributed by atoms with van der Waals surface area (Å²) in [6.45, 7) is 5.03. The molecule has 0 aliphatic heterocycles. The molecule has 1 aliphatic rings. The lowest BCUT2D eigenvalue weighted by molar-refractivity contribution is 0.0961. The number of pyridine rings is 1. The second-order valence-electron chi connectivity index (χ2n) is 8.72. The molecule has 0 radical (unpaired) electrons. The van der Waals surface area contributed by atoms with Gasteiger partial charge in [-0.05, 0) is 72.4 Å². The topological polar surface area (TPSA) is 48.4 Å². The van der Waals surface area contributed by atoms with Crippen molar-refractivity contribution in [3.05, 3.63) is 88.7 Å². The molecule has 4 nitrogen and oxygen atoms in total. The van der Waals surface area contributed by atoms with Crippen molar-refractivity contribution < 1.29 is 14.3 Å². The standard InChI is InChI=1S/C28H31NO3/c1-20-21(2)28(11-10-26(20)27(30)17-22-6-3-4-7-22)32-19-24-9-5-8-23(16-24)18-31-25-12-14-29-15-13-25/h5,8-16,22H,3-4,6-7,17-19H2,1-2H3. The fourth-order valence-corrected chi connectivity index (χ4v) is 4.41. The first-order valence-electron chi connectivity index (χ1n) is 11.5. The van der Waals surface area contributed by atoms with Crippen LogP contribution in [0.3, 0.4) is 0 Å². The monoisotopic (exact) mass is 429 g/mol. The van der Waals surface area contributed by atoms with Gasteiger partial charge >= 0.3 is 0 Å². The van der Waals surface area contributed by atoms with E-state index < -0.39 is 0 Å². The smallest absolute Gasteiger partial charge is 0.163 e. The van der Waals surface area contributed by atoms with E-state index in [1.807, 2.05) is 50.2 Å². The second-order valence-corrected chi connectivity index (χ2v) is 8.72. The Morgan fingerprint density at radius 3 is 2.31 bits per heavy atom. The zero-order chi connectivity index (χ0) is 22.3. The van der Waals surface area contributed by atoms with Crippen LogP contribution < -0.4 is 9.47 Å². The maximum absolute atomic E-state index is 12.8. The molecule has 2 aromatic carbocycles. The summed E-state index contributed by atoms with van der Waals surface area (Å²) in [5, 5.41) is 0. The molecule has 1 aliphatic carbocycles. The normalized spacial score (nSPS) is 13.8. The highest BCUT2D eigenvalue weighted by Crippen LogP contribution is 2.31. The van der Waals surface area contributed by atoms with Crippen LogP contribution in [0.2, 0.25) is 0 Å². The Morgan fingerprint density at radius 1 is 0.906 bits per heavy atom. The van der Waals surface area contributed by atoms with Gasteiger partial charge in [0.1, 0.15) is 24.7 Å². The van der Waals surface area contributed by atoms with Gasteiger partial charge in [-0.2, -0.15) is 0 Å². The molecule has 0 N–H and O–H groups in total. The average molecular weight is 430 g/mol. The van der Waals surface area contributed by atoms with Crippen molar-refractivity contribution in [1.82, 2.24) is 4.98 Å². The van der Waals surface area contributed by atoms with Crippen LogP contribution in [-0.2, 0) is 13.2 Å². The molecule has 0 amide bonds. The number of carbonyl (C=O) groups excluding carboxylic acids is 1. The summed E-state index contributed by atoms with van der Waals surface area (Å²) in [5.41, 5.74) is 5.09. The molecule has 0 spiro atoms. The number of Topliss-reactive ketones (excluding diaryl/α,β-unsaturated/α-hetero) is 1. The SMILES string of the molecule is Cc1c(OCc2cccc(COc3ccncc3)c2)ccc(C(=O)CC2CCCC2)c1C. The molecule has 32 heavy (non-hydrogen) atoms. The molecule has 1 fully saturated rings. The fraction of sp³-hybridized carbons (Fsp3) is 0.357. The molecular weight excluding hydrogens is 398 g/mol. The lowest BCUT2D eigenvalue weighted by atomic mass is 9.92. The fourth-order valence-electron chi connectivity index (χ4n) is 4.41. The molecule has 1 heterocycles. The summed E-state index contributed by atoms with van der Waals surface area (Å²) in [7, 11) is 0. The number of nitrogens with zero attached hydrogens (tertiary/aromatic N) is 1. The maximum Gasteiger partial charge on any atom is 0.163 e. The van der Waals surface area contributed by atoms with Crippen molar-refractivity contribution in [2.24, 2.45) is 5.92 Å². The second kappa shape index (κ2) is 10.4. The third-order valence-corrected chi connectivity index (χ3v) is 6.43. The van der Waals surface area contributed by atoms with Crippen LogP contribution in [0.5, 0.6) is 11.5 Å². The molecule has 3 aromatic rings. The van der Waals surface area contributed by atoms with E-state index in [2.05, 4.69) is 17.1 Å². The van der Waals surface area contributed by atoms with Gasteiger partial charge in [0, 0.05) is 24.4 Å². The van der Waals surface area contributed by atoms with Gasteiger partial charge < -0.3 is 9.47 Å². The lowest BCUT2D eigenvalue weighted by Crippen LogP contribution is -2.09. The van der Waals surface area contributed by atoms with Crippen LogP contribution in [0.1, 0.15) is 64.7 Å². The molecule has 166 valence electrons. The number of hydrogen-bond donors (Lipinski definition) is 0. The summed E-state index contributed by atoms with van der Waals surface area (Å²) in [6, 6.07) is 15.8. The van der Waals surface area contributed by atoms with Gasteiger partial charge in [0.25, 0.3) is 0 Å². The van der Waals surface area contributed by atoms with Gasteiger partial charge in [-0.15, -0.1) is 0 Å². The van der Waals surface area contributed by atoms with E-state index in [4.69, 9.17) is 9.47 Å². The van der Waals surface area contributed by atoms with Crippen molar-refractivity contribution >= 4 is 5.78 Å². The minimum absolute atomic E-state index is 0.269. The number of carbonyl (C=O) groups is 1. The molecule has 0 bridgehead atoms. The highest BCUT2D eigenvalue weighted by atomic mass is 16.5. The summed E-state index contributed by atoms with van der Waals surface area (Å²) >= 11 is 0. The number of hydrogen-bond acceptors (Lipinski definition) is 4. The van der Waals surface area contributed by atoms with Gasteiger partial charge in [-0.1, -0.05) is 43.9 Å². The Morgan fingerprint density at radius 2 is 1.59 bits per heavy atom. The summed E-state index contributed by atoms with van der Waals surface area (Å²) in [5.74, 6) is 2.47. The van der Waals surface area contributed by atoms with Gasteiger partial charge in [0.05, 0.1) is 0 Å². The average Bonchev–Trinajstić information content (AvgIpc) is 3.32. The quantitative estimate of drug-likeness (QED) is 0.359. The van der Waals surface area contributed by atoms with E-state index in [9.17, 15) is 4.79 Å². The molecule has 0 saturated heterocycles. The summed E-state index contributed by atoms with van der Waals surface area (Å²) in [4.78, 5) is 16.8. The first-order valence-corrected chi connectivity index (χ1v) is 11.5. The Kier molecular flexibility index (Phi) is 7.21. The first-order chi connectivity index (χ1) is 15.6. The largest absolute Gasteiger partial charge is 0.489 e. The maximum atomic E-state index is 12.8. The van der Waals surface area contributed by atoms with Crippen molar-refractivity contribution in [2.75, 3.05) is 0 Å². The Bertz CT molecular complexity index is 1060. The predicted octanol–water partition coefficient (Wildman–Crippen LogP) is 6.62. The Labute approximate surface area is 190 Å². The van der Waals surface area contributed by atoms with E-state index in [0.717, 1.165) is 39.3 Å². The van der Waals surface area contributed by atoms with Crippen LogP contribution in [0, 0.1) is 19.8 Å². The van der Waals surface area contributed by atoms with Gasteiger partial charge in [0.15, 0.2) is 5.78 Å². The molecular formula is C28H31NO3. The lowest BCUT2D eigenvalue weighted by Gasteiger charge is -2.15. The highest BCUT2D eigenvalue weighted by molar-refractivity contribution is 5.98. The van der Waals surface area contributed by atoms with Crippen molar-refractivity contribution in [3.63, 3.8) is 0 Å². The number of benzene rings is 2. The number of ketones is 1. The molecule has 1 saturated carbocycles. The molecule has 4 heteroatoms. The minimum Gasteiger partial charge on any atom is -0.489 e. The van der Waals surface area contributed by atoms with Gasteiger partial charge in [-0.25, -0.2) is 0 Å². The van der Waals surface area contributed by atoms with Crippen LogP contribution in [0.15, 0.2) is 60.9 Å². The van der Waals surface area contributed by atoms with E-state index in [-0.39, 0.29) is 5.78 Å². The summed E-state index contributed by atoms with van der Waals surface area (Å²) < 4.78 is 11.9. The first kappa shape index (κ1) is 22.1. The molecule has 0 unspecified atom stereocenters. The van der Waals surface area contributed by atoms with Crippen LogP contribution in [-0.4, -0.2) is 10.8 Å². The van der Waals surface area contributed by atoms with Crippen LogP contribution in [0.25, 0.3) is 0 Å². The number of aromatic nitrogens is 1. The van der Waals surface area contributed by atoms with Crippen LogP contribution in [0.4, 0.5) is 0 Å². The highest BCUT2D eigenvalue weighted by Gasteiger charge is 2.21. The number of ether oxygens (including phenoxy) is 2. The summed E-state index contributed by atoms with van der Waals surface area (Å²) in [6.07, 6.45) is 9.03. The van der Waals surface area contributed by atoms with E-state index in [1.54, 1.807) is 12.4 Å². The predicted molar refractivity (Wildman–Crippen MR) is 126 cm³/mol. The van der Waals surface area contributed by atoms with E-state index >= 15 is 0 Å². The Hall–Kier alpha value is -3.14. The van der Waals surface area contributed by atoms with Crippen molar-refractivity contribution in [1.29, 1.82) is 0 Å². The van der Waals surface area contributed by atoms with Crippen molar-refractivity contribution in [3.8, 4) is 11.5 Å². The minimum atomic E-state index is 0.269. The zero-order valence-corrected chi connectivity index (χ0v) is 19.0. The third kappa shape index (κ3) is 5.56. The van der Waals surface area contributed by atoms with Gasteiger partial charge in [0.2, 0.25) is 0 Å². The van der Waals surface area contributed by atoms with E-state index in [0.29, 0.717) is 25.6 Å². The van der Waals surface area contributed by atoms with Crippen molar-refractivity contribution in [2.45, 2.75) is 59.2 Å². The Balaban J connectivity index is 1.37. The number of rotatable bonds is 9. The zero-order valence-electron chi connectivity index (χ0n) is 19.0. The van der Waals surface area contributed by atoms with Crippen LogP contribution >= 0.6 is 0 Å². The van der Waals surface area contributed by atoms with Gasteiger partial charge in [-0.3, -0.25) is 9.78 Å². The third-order valence-electron chi connectivity index (χ3n) is 6.43. The molecule has 0 atom stereocenters.